The van der Waals surface area contributed by atoms with Gasteiger partial charge in [0.15, 0.2) is 0 Å². The molecular formula is C32H48N4O4. The van der Waals surface area contributed by atoms with E-state index in [0.717, 1.165) is 32.5 Å². The number of hydrogen-bond acceptors (Lipinski definition) is 5. The number of benzene rings is 1. The van der Waals surface area contributed by atoms with Gasteiger partial charge in [-0.25, -0.2) is 4.79 Å². The summed E-state index contributed by atoms with van der Waals surface area (Å²) in [5, 5.41) is 0. The van der Waals surface area contributed by atoms with Crippen molar-refractivity contribution < 1.29 is 19.1 Å². The number of fused-ring (bicyclic) bond motifs is 2. The Balaban J connectivity index is 1.36. The van der Waals surface area contributed by atoms with Crippen molar-refractivity contribution in [3.8, 4) is 0 Å². The van der Waals surface area contributed by atoms with Crippen LogP contribution >= 0.6 is 0 Å². The summed E-state index contributed by atoms with van der Waals surface area (Å²) < 4.78 is 5.22. The molecule has 0 N–H and O–H groups in total. The van der Waals surface area contributed by atoms with Crippen LogP contribution in [-0.2, 0) is 14.3 Å². The van der Waals surface area contributed by atoms with E-state index in [9.17, 15) is 14.4 Å². The molecule has 1 aromatic carbocycles. The van der Waals surface area contributed by atoms with E-state index in [1.54, 1.807) is 7.11 Å². The van der Waals surface area contributed by atoms with E-state index in [1.165, 1.54) is 10.5 Å². The molecular weight excluding hydrogens is 504 g/mol. The third-order valence-corrected chi connectivity index (χ3v) is 9.64. The highest BCUT2D eigenvalue weighted by atomic mass is 16.5. The van der Waals surface area contributed by atoms with Gasteiger partial charge in [0.25, 0.3) is 5.91 Å². The van der Waals surface area contributed by atoms with Crippen LogP contribution in [0.4, 0.5) is 4.79 Å². The first-order valence-corrected chi connectivity index (χ1v) is 15.2. The standard InChI is InChI=1S/C32H48N4O4/c1-22(2)36-30(39)34(14-15-40-6)29(38)32(36)16-25-12-13-26(17-32)35(25)20-24-19-33(28(37)18-31(3,4)5)21-27(24)23-10-8-7-9-11-23/h7-11,22,24-27H,12-21H2,1-6H3/t24-,25?,26?,27-,32?/m1/s1. The molecule has 2 unspecified atom stereocenters. The van der Waals surface area contributed by atoms with Crippen molar-refractivity contribution in [2.24, 2.45) is 11.3 Å². The average Bonchev–Trinajstić information content (AvgIpc) is 3.47. The summed E-state index contributed by atoms with van der Waals surface area (Å²) in [4.78, 5) is 48.7. The summed E-state index contributed by atoms with van der Waals surface area (Å²) in [7, 11) is 1.60. The smallest absolute Gasteiger partial charge is 0.327 e. The van der Waals surface area contributed by atoms with Crippen molar-refractivity contribution in [3.63, 3.8) is 0 Å². The van der Waals surface area contributed by atoms with Gasteiger partial charge in [0.05, 0.1) is 13.2 Å². The van der Waals surface area contributed by atoms with Gasteiger partial charge in [0, 0.05) is 57.2 Å². The van der Waals surface area contributed by atoms with Gasteiger partial charge in [0.1, 0.15) is 5.54 Å². The Morgan fingerprint density at radius 2 is 1.70 bits per heavy atom. The van der Waals surface area contributed by atoms with E-state index in [0.29, 0.717) is 44.2 Å². The van der Waals surface area contributed by atoms with Crippen molar-refractivity contribution in [1.82, 2.24) is 19.6 Å². The van der Waals surface area contributed by atoms with Gasteiger partial charge in [-0.2, -0.15) is 0 Å². The largest absolute Gasteiger partial charge is 0.383 e. The predicted octanol–water partition coefficient (Wildman–Crippen LogP) is 4.35. The summed E-state index contributed by atoms with van der Waals surface area (Å²) in [6, 6.07) is 11.0. The molecule has 0 saturated carbocycles. The molecule has 4 amide bonds. The molecule has 220 valence electrons. The number of methoxy groups -OCH3 is 1. The molecule has 4 aliphatic heterocycles. The Hall–Kier alpha value is -2.45. The molecule has 1 spiro atoms. The lowest BCUT2D eigenvalue weighted by Gasteiger charge is -2.48. The number of likely N-dealkylation sites (tertiary alicyclic amines) is 1. The van der Waals surface area contributed by atoms with Crippen LogP contribution in [-0.4, -0.2) is 101 Å². The van der Waals surface area contributed by atoms with Gasteiger partial charge in [0.2, 0.25) is 5.91 Å². The number of urea groups is 1. The van der Waals surface area contributed by atoms with Gasteiger partial charge >= 0.3 is 6.03 Å². The van der Waals surface area contributed by atoms with E-state index in [1.807, 2.05) is 18.7 Å². The van der Waals surface area contributed by atoms with Crippen molar-refractivity contribution in [2.45, 2.75) is 96.3 Å². The van der Waals surface area contributed by atoms with Crippen LogP contribution in [0.25, 0.3) is 0 Å². The lowest BCUT2D eigenvalue weighted by atomic mass is 9.79. The summed E-state index contributed by atoms with van der Waals surface area (Å²) in [6.45, 7) is 13.5. The van der Waals surface area contributed by atoms with E-state index in [2.05, 4.69) is 60.9 Å². The second kappa shape index (κ2) is 11.1. The minimum absolute atomic E-state index is 0.0393. The quantitative estimate of drug-likeness (QED) is 0.449. The topological polar surface area (TPSA) is 73.4 Å². The minimum Gasteiger partial charge on any atom is -0.383 e. The number of nitrogens with zero attached hydrogens (tertiary/aromatic N) is 4. The van der Waals surface area contributed by atoms with Gasteiger partial charge in [-0.1, -0.05) is 51.1 Å². The number of piperidine rings is 1. The molecule has 0 radical (unpaired) electrons. The fraction of sp³-hybridized carbons (Fsp3) is 0.719. The van der Waals surface area contributed by atoms with Gasteiger partial charge in [-0.15, -0.1) is 0 Å². The number of hydrogen-bond donors (Lipinski definition) is 0. The van der Waals surface area contributed by atoms with Gasteiger partial charge < -0.3 is 14.5 Å². The normalized spacial score (nSPS) is 30.9. The molecule has 4 fully saturated rings. The highest BCUT2D eigenvalue weighted by Gasteiger charge is 2.63. The number of imide groups is 1. The van der Waals surface area contributed by atoms with Crippen LogP contribution in [0.3, 0.4) is 0 Å². The number of rotatable bonds is 8. The molecule has 2 bridgehead atoms. The summed E-state index contributed by atoms with van der Waals surface area (Å²) >= 11 is 0. The maximum absolute atomic E-state index is 13.9. The van der Waals surface area contributed by atoms with E-state index >= 15 is 0 Å². The maximum Gasteiger partial charge on any atom is 0.327 e. The average molecular weight is 553 g/mol. The van der Waals surface area contributed by atoms with Crippen LogP contribution in [0.1, 0.15) is 78.2 Å². The summed E-state index contributed by atoms with van der Waals surface area (Å²) in [6.07, 6.45) is 4.02. The fourth-order valence-corrected chi connectivity index (χ4v) is 8.01. The van der Waals surface area contributed by atoms with Crippen molar-refractivity contribution in [2.75, 3.05) is 39.9 Å². The molecule has 4 saturated heterocycles. The first-order valence-electron chi connectivity index (χ1n) is 15.2. The Bertz CT molecular complexity index is 1090. The first kappa shape index (κ1) is 29.1. The SMILES string of the molecule is COCCN1C(=O)N(C(C)C)C2(CC3CCC(C2)N3C[C@H]2CN(C(=O)CC(C)(C)C)C[C@@H]2c2ccccc2)C1=O. The molecule has 0 aromatic heterocycles. The van der Waals surface area contributed by atoms with Crippen LogP contribution in [0, 0.1) is 11.3 Å². The number of ether oxygens (including phenoxy) is 1. The highest BCUT2D eigenvalue weighted by molar-refractivity contribution is 6.07. The van der Waals surface area contributed by atoms with Crippen LogP contribution in [0.15, 0.2) is 30.3 Å². The van der Waals surface area contributed by atoms with E-state index in [-0.39, 0.29) is 41.4 Å². The third-order valence-electron chi connectivity index (χ3n) is 9.64. The lowest BCUT2D eigenvalue weighted by Crippen LogP contribution is -2.62. The zero-order valence-corrected chi connectivity index (χ0v) is 25.3. The molecule has 40 heavy (non-hydrogen) atoms. The predicted molar refractivity (Wildman–Crippen MR) is 155 cm³/mol. The number of amides is 4. The zero-order valence-electron chi connectivity index (χ0n) is 25.3. The van der Waals surface area contributed by atoms with Crippen LogP contribution < -0.4 is 0 Å². The summed E-state index contributed by atoms with van der Waals surface area (Å²) in [5.74, 6) is 0.840. The molecule has 5 rings (SSSR count). The molecule has 8 heteroatoms. The molecule has 4 heterocycles. The second-order valence-electron chi connectivity index (χ2n) is 14.0. The molecule has 0 aliphatic carbocycles. The third kappa shape index (κ3) is 5.29. The zero-order chi connectivity index (χ0) is 28.8. The highest BCUT2D eigenvalue weighted by Crippen LogP contribution is 2.49. The molecule has 8 nitrogen and oxygen atoms in total. The Labute approximate surface area is 240 Å². The van der Waals surface area contributed by atoms with Crippen molar-refractivity contribution >= 4 is 17.8 Å². The number of carbonyl (C=O) groups excluding carboxylic acids is 3. The monoisotopic (exact) mass is 552 g/mol. The van der Waals surface area contributed by atoms with E-state index < -0.39 is 5.54 Å². The van der Waals surface area contributed by atoms with Crippen LogP contribution in [0.5, 0.6) is 0 Å². The molecule has 1 aromatic rings. The van der Waals surface area contributed by atoms with Crippen molar-refractivity contribution in [1.29, 1.82) is 0 Å². The number of carbonyl (C=O) groups is 3. The molecule has 4 aliphatic rings. The summed E-state index contributed by atoms with van der Waals surface area (Å²) in [5.41, 5.74) is 0.503. The van der Waals surface area contributed by atoms with Crippen LogP contribution in [0.2, 0.25) is 0 Å². The maximum atomic E-state index is 13.9. The minimum atomic E-state index is -0.759. The fourth-order valence-electron chi connectivity index (χ4n) is 8.01. The van der Waals surface area contributed by atoms with E-state index in [4.69, 9.17) is 4.74 Å². The Kier molecular flexibility index (Phi) is 8.05. The van der Waals surface area contributed by atoms with Gasteiger partial charge in [-0.3, -0.25) is 19.4 Å². The Morgan fingerprint density at radius 1 is 1.05 bits per heavy atom. The Morgan fingerprint density at radius 3 is 2.27 bits per heavy atom. The van der Waals surface area contributed by atoms with Crippen molar-refractivity contribution in [3.05, 3.63) is 35.9 Å². The lowest BCUT2D eigenvalue weighted by molar-refractivity contribution is -0.138. The molecule has 4 atom stereocenters. The first-order chi connectivity index (χ1) is 18.9. The second-order valence-corrected chi connectivity index (χ2v) is 14.0. The van der Waals surface area contributed by atoms with Gasteiger partial charge in [-0.05, 0) is 56.4 Å².